The SMILES string of the molecule is Cc1cc(NC2C(C)(C)C2(C)C)nc(Cl)n1. The zero-order chi connectivity index (χ0) is 12.1. The maximum absolute atomic E-state index is 5.83. The smallest absolute Gasteiger partial charge is 0.224 e. The van der Waals surface area contributed by atoms with Crippen LogP contribution in [0.5, 0.6) is 0 Å². The summed E-state index contributed by atoms with van der Waals surface area (Å²) < 4.78 is 0. The van der Waals surface area contributed by atoms with Crippen molar-refractivity contribution in [3.8, 4) is 0 Å². The molecule has 4 heteroatoms. The molecule has 0 spiro atoms. The normalized spacial score (nSPS) is 21.9. The Morgan fingerprint density at radius 2 is 1.75 bits per heavy atom. The molecule has 1 aliphatic rings. The van der Waals surface area contributed by atoms with Gasteiger partial charge in [-0.3, -0.25) is 0 Å². The van der Waals surface area contributed by atoms with Gasteiger partial charge >= 0.3 is 0 Å². The molecule has 0 aromatic carbocycles. The molecule has 1 aromatic rings. The summed E-state index contributed by atoms with van der Waals surface area (Å²) in [6.07, 6.45) is 0. The van der Waals surface area contributed by atoms with Crippen LogP contribution >= 0.6 is 11.6 Å². The van der Waals surface area contributed by atoms with Gasteiger partial charge in [-0.15, -0.1) is 0 Å². The first kappa shape index (κ1) is 11.6. The third kappa shape index (κ3) is 1.67. The van der Waals surface area contributed by atoms with E-state index in [1.807, 2.05) is 13.0 Å². The van der Waals surface area contributed by atoms with E-state index in [-0.39, 0.29) is 0 Å². The van der Waals surface area contributed by atoms with Gasteiger partial charge in [0, 0.05) is 17.8 Å². The van der Waals surface area contributed by atoms with E-state index in [1.54, 1.807) is 0 Å². The fraction of sp³-hybridized carbons (Fsp3) is 0.667. The molecule has 1 N–H and O–H groups in total. The quantitative estimate of drug-likeness (QED) is 0.805. The van der Waals surface area contributed by atoms with Crippen molar-refractivity contribution in [1.29, 1.82) is 0 Å². The number of aryl methyl sites for hydroxylation is 1. The minimum absolute atomic E-state index is 0.290. The van der Waals surface area contributed by atoms with Crippen LogP contribution in [-0.2, 0) is 0 Å². The Kier molecular flexibility index (Phi) is 2.42. The van der Waals surface area contributed by atoms with Crippen LogP contribution in [0.1, 0.15) is 33.4 Å². The van der Waals surface area contributed by atoms with Crippen LogP contribution in [0.3, 0.4) is 0 Å². The van der Waals surface area contributed by atoms with Gasteiger partial charge in [0.25, 0.3) is 0 Å². The minimum atomic E-state index is 0.290. The van der Waals surface area contributed by atoms with Gasteiger partial charge in [0.2, 0.25) is 5.28 Å². The van der Waals surface area contributed by atoms with Crippen molar-refractivity contribution in [3.63, 3.8) is 0 Å². The standard InChI is InChI=1S/C12H18ClN3/c1-7-6-8(16-10(13)14-7)15-9-11(2,3)12(9,4)5/h6,9H,1-5H3,(H,14,15,16). The Morgan fingerprint density at radius 1 is 1.19 bits per heavy atom. The molecule has 0 amide bonds. The Hall–Kier alpha value is -0.830. The molecule has 1 saturated carbocycles. The molecule has 16 heavy (non-hydrogen) atoms. The van der Waals surface area contributed by atoms with E-state index in [2.05, 4.69) is 43.0 Å². The fourth-order valence-electron chi connectivity index (χ4n) is 2.31. The molecule has 88 valence electrons. The predicted molar refractivity (Wildman–Crippen MR) is 66.8 cm³/mol. The van der Waals surface area contributed by atoms with Gasteiger partial charge in [-0.2, -0.15) is 0 Å². The summed E-state index contributed by atoms with van der Waals surface area (Å²) in [5.74, 6) is 0.821. The average molecular weight is 240 g/mol. The van der Waals surface area contributed by atoms with E-state index < -0.39 is 0 Å². The van der Waals surface area contributed by atoms with Crippen molar-refractivity contribution >= 4 is 17.4 Å². The molecule has 0 atom stereocenters. The van der Waals surface area contributed by atoms with Gasteiger partial charge < -0.3 is 5.32 Å². The first-order valence-electron chi connectivity index (χ1n) is 5.53. The zero-order valence-electron chi connectivity index (χ0n) is 10.4. The van der Waals surface area contributed by atoms with Crippen molar-refractivity contribution < 1.29 is 0 Å². The van der Waals surface area contributed by atoms with Crippen LogP contribution in [0.25, 0.3) is 0 Å². The Labute approximate surface area is 102 Å². The molecule has 3 nitrogen and oxygen atoms in total. The summed E-state index contributed by atoms with van der Waals surface area (Å²) in [6, 6.07) is 2.36. The van der Waals surface area contributed by atoms with Crippen LogP contribution in [0, 0.1) is 17.8 Å². The first-order chi connectivity index (χ1) is 7.25. The molecule has 1 aromatic heterocycles. The zero-order valence-corrected chi connectivity index (χ0v) is 11.2. The van der Waals surface area contributed by atoms with Crippen LogP contribution < -0.4 is 5.32 Å². The lowest BCUT2D eigenvalue weighted by Gasteiger charge is -2.08. The highest BCUT2D eigenvalue weighted by atomic mass is 35.5. The van der Waals surface area contributed by atoms with Crippen molar-refractivity contribution in [2.45, 2.75) is 40.7 Å². The Bertz CT molecular complexity index is 392. The van der Waals surface area contributed by atoms with Gasteiger partial charge in [-0.05, 0) is 29.4 Å². The lowest BCUT2D eigenvalue weighted by Crippen LogP contribution is -2.11. The third-order valence-corrected chi connectivity index (χ3v) is 4.31. The molecule has 2 rings (SSSR count). The molecule has 0 saturated heterocycles. The third-order valence-electron chi connectivity index (χ3n) is 4.14. The van der Waals surface area contributed by atoms with Crippen LogP contribution in [0.2, 0.25) is 5.28 Å². The minimum Gasteiger partial charge on any atom is -0.366 e. The second-order valence-electron chi connectivity index (χ2n) is 5.68. The van der Waals surface area contributed by atoms with Gasteiger partial charge in [0.1, 0.15) is 5.82 Å². The van der Waals surface area contributed by atoms with Gasteiger partial charge in [0.05, 0.1) is 0 Å². The van der Waals surface area contributed by atoms with Crippen molar-refractivity contribution in [2.75, 3.05) is 5.32 Å². The number of anilines is 1. The second-order valence-corrected chi connectivity index (χ2v) is 6.02. The number of halogens is 1. The van der Waals surface area contributed by atoms with Crippen molar-refractivity contribution in [2.24, 2.45) is 10.8 Å². The maximum Gasteiger partial charge on any atom is 0.224 e. The molecule has 1 heterocycles. The van der Waals surface area contributed by atoms with Crippen LogP contribution in [-0.4, -0.2) is 16.0 Å². The van der Waals surface area contributed by atoms with E-state index >= 15 is 0 Å². The number of aromatic nitrogens is 2. The van der Waals surface area contributed by atoms with Crippen molar-refractivity contribution in [1.82, 2.24) is 9.97 Å². The molecule has 0 bridgehead atoms. The number of hydrogen-bond donors (Lipinski definition) is 1. The molecule has 0 unspecified atom stereocenters. The molecule has 0 radical (unpaired) electrons. The fourth-order valence-corrected chi connectivity index (χ4v) is 2.54. The molecule has 1 aliphatic carbocycles. The van der Waals surface area contributed by atoms with E-state index in [4.69, 9.17) is 11.6 Å². The van der Waals surface area contributed by atoms with Crippen LogP contribution in [0.15, 0.2) is 6.07 Å². The van der Waals surface area contributed by atoms with E-state index in [0.29, 0.717) is 22.2 Å². The van der Waals surface area contributed by atoms with Gasteiger partial charge in [0.15, 0.2) is 0 Å². The predicted octanol–water partition coefficient (Wildman–Crippen LogP) is 3.28. The molecule has 1 fully saturated rings. The lowest BCUT2D eigenvalue weighted by molar-refractivity contribution is 0.457. The molecule has 0 aliphatic heterocycles. The first-order valence-corrected chi connectivity index (χ1v) is 5.90. The maximum atomic E-state index is 5.83. The Balaban J connectivity index is 2.18. The number of hydrogen-bond acceptors (Lipinski definition) is 3. The van der Waals surface area contributed by atoms with Gasteiger partial charge in [-0.1, -0.05) is 27.7 Å². The van der Waals surface area contributed by atoms with Crippen LogP contribution in [0.4, 0.5) is 5.82 Å². The van der Waals surface area contributed by atoms with E-state index in [9.17, 15) is 0 Å². The summed E-state index contributed by atoms with van der Waals surface area (Å²) in [7, 11) is 0. The summed E-state index contributed by atoms with van der Waals surface area (Å²) in [5, 5.41) is 3.75. The van der Waals surface area contributed by atoms with E-state index in [1.165, 1.54) is 0 Å². The lowest BCUT2D eigenvalue weighted by atomic mass is 10.0. The largest absolute Gasteiger partial charge is 0.366 e. The highest BCUT2D eigenvalue weighted by molar-refractivity contribution is 6.28. The Morgan fingerprint density at radius 3 is 2.19 bits per heavy atom. The summed E-state index contributed by atoms with van der Waals surface area (Å²) in [5.41, 5.74) is 1.47. The highest BCUT2D eigenvalue weighted by Gasteiger charge is 2.65. The monoisotopic (exact) mass is 239 g/mol. The molecular weight excluding hydrogens is 222 g/mol. The van der Waals surface area contributed by atoms with E-state index in [0.717, 1.165) is 11.5 Å². The number of rotatable bonds is 2. The summed E-state index contributed by atoms with van der Waals surface area (Å²) in [6.45, 7) is 11.0. The van der Waals surface area contributed by atoms with Gasteiger partial charge in [-0.25, -0.2) is 9.97 Å². The molecular formula is C12H18ClN3. The summed E-state index contributed by atoms with van der Waals surface area (Å²) >= 11 is 5.83. The highest BCUT2D eigenvalue weighted by Crippen LogP contribution is 2.63. The number of nitrogens with zero attached hydrogens (tertiary/aromatic N) is 2. The average Bonchev–Trinajstić information content (AvgIpc) is 2.46. The topological polar surface area (TPSA) is 37.8 Å². The summed E-state index contributed by atoms with van der Waals surface area (Å²) in [4.78, 5) is 8.24. The number of nitrogens with one attached hydrogen (secondary N) is 1. The van der Waals surface area contributed by atoms with Crippen molar-refractivity contribution in [3.05, 3.63) is 17.0 Å². The second kappa shape index (κ2) is 3.33.